The van der Waals surface area contributed by atoms with E-state index in [0.29, 0.717) is 6.04 Å². The summed E-state index contributed by atoms with van der Waals surface area (Å²) in [5.74, 6) is -0.0596. The molecule has 1 aliphatic rings. The minimum atomic E-state index is -0.0596. The van der Waals surface area contributed by atoms with Crippen molar-refractivity contribution in [2.45, 2.75) is 18.9 Å². The fraction of sp³-hybridized carbons (Fsp3) is 0.150. The smallest absolute Gasteiger partial charge is 0.244 e. The van der Waals surface area contributed by atoms with Crippen LogP contribution >= 0.6 is 0 Å². The molecule has 0 unspecified atom stereocenters. The number of pyridine rings is 1. The summed E-state index contributed by atoms with van der Waals surface area (Å²) in [4.78, 5) is 16.0. The van der Waals surface area contributed by atoms with E-state index in [2.05, 4.69) is 10.3 Å². The van der Waals surface area contributed by atoms with Gasteiger partial charge < -0.3 is 5.32 Å². The summed E-state index contributed by atoms with van der Waals surface area (Å²) in [5, 5.41) is 7.67. The van der Waals surface area contributed by atoms with E-state index in [1.54, 1.807) is 18.5 Å². The number of hydrogen-bond donors (Lipinski definition) is 1. The monoisotopic (exact) mass is 330 g/mol. The summed E-state index contributed by atoms with van der Waals surface area (Å²) in [6, 6.07) is 14.1. The van der Waals surface area contributed by atoms with Crippen molar-refractivity contribution in [1.82, 2.24) is 20.1 Å². The third kappa shape index (κ3) is 3.66. The minimum absolute atomic E-state index is 0.0596. The van der Waals surface area contributed by atoms with Crippen LogP contribution < -0.4 is 5.32 Å². The van der Waals surface area contributed by atoms with Crippen LogP contribution in [0.5, 0.6) is 0 Å². The Balaban J connectivity index is 1.69. The van der Waals surface area contributed by atoms with E-state index in [0.717, 1.165) is 35.3 Å². The second kappa shape index (κ2) is 6.73. The number of amides is 1. The maximum Gasteiger partial charge on any atom is 0.244 e. The highest BCUT2D eigenvalue weighted by Gasteiger charge is 2.22. The Morgan fingerprint density at radius 2 is 1.88 bits per heavy atom. The second-order valence-electron chi connectivity index (χ2n) is 6.07. The third-order valence-corrected chi connectivity index (χ3v) is 4.06. The highest BCUT2D eigenvalue weighted by atomic mass is 16.1. The van der Waals surface area contributed by atoms with Crippen LogP contribution in [0.15, 0.2) is 67.1 Å². The van der Waals surface area contributed by atoms with Crippen molar-refractivity contribution < 1.29 is 4.79 Å². The molecule has 124 valence electrons. The lowest BCUT2D eigenvalue weighted by Crippen LogP contribution is -2.22. The normalized spacial score (nSPS) is 13.9. The number of nitrogens with one attached hydrogen (secondary N) is 1. The van der Waals surface area contributed by atoms with E-state index >= 15 is 0 Å². The second-order valence-corrected chi connectivity index (χ2v) is 6.07. The number of aromatic nitrogens is 3. The predicted octanol–water partition coefficient (Wildman–Crippen LogP) is 3.23. The number of benzene rings is 1. The molecule has 1 N–H and O–H groups in total. The number of hydrogen-bond acceptors (Lipinski definition) is 3. The maximum atomic E-state index is 12.0. The van der Waals surface area contributed by atoms with E-state index in [-0.39, 0.29) is 5.91 Å². The zero-order chi connectivity index (χ0) is 17.1. The molecule has 2 heterocycles. The molecule has 0 spiro atoms. The number of carbonyl (C=O) groups excluding carboxylic acids is 1. The first kappa shape index (κ1) is 15.3. The highest BCUT2D eigenvalue weighted by Crippen LogP contribution is 2.24. The first-order chi connectivity index (χ1) is 12.3. The predicted molar refractivity (Wildman–Crippen MR) is 97.0 cm³/mol. The van der Waals surface area contributed by atoms with Gasteiger partial charge in [0, 0.05) is 41.8 Å². The van der Waals surface area contributed by atoms with Gasteiger partial charge in [-0.2, -0.15) is 5.10 Å². The van der Waals surface area contributed by atoms with Gasteiger partial charge in [-0.3, -0.25) is 9.78 Å². The average molecular weight is 330 g/mol. The molecule has 5 nitrogen and oxygen atoms in total. The molecule has 25 heavy (non-hydrogen) atoms. The molecule has 3 aromatic rings. The zero-order valence-corrected chi connectivity index (χ0v) is 13.7. The molecular formula is C20H18N4O. The molecule has 4 rings (SSSR count). The van der Waals surface area contributed by atoms with Crippen molar-refractivity contribution in [1.29, 1.82) is 0 Å². The Morgan fingerprint density at radius 1 is 1.12 bits per heavy atom. The topological polar surface area (TPSA) is 59.8 Å². The molecule has 5 heteroatoms. The van der Waals surface area contributed by atoms with Crippen molar-refractivity contribution in [3.63, 3.8) is 0 Å². The number of nitrogens with zero attached hydrogens (tertiary/aromatic N) is 3. The Labute approximate surface area is 146 Å². The van der Waals surface area contributed by atoms with Gasteiger partial charge in [0.15, 0.2) is 0 Å². The summed E-state index contributed by atoms with van der Waals surface area (Å²) >= 11 is 0. The number of para-hydroxylation sites is 1. The van der Waals surface area contributed by atoms with Crippen LogP contribution in [0.4, 0.5) is 0 Å². The van der Waals surface area contributed by atoms with Crippen LogP contribution in [0.1, 0.15) is 18.4 Å². The summed E-state index contributed by atoms with van der Waals surface area (Å²) in [6.45, 7) is 0. The Bertz CT molecular complexity index is 896. The zero-order valence-electron chi connectivity index (χ0n) is 13.7. The van der Waals surface area contributed by atoms with Gasteiger partial charge in [0.05, 0.1) is 5.69 Å². The molecule has 0 saturated heterocycles. The molecule has 0 radical (unpaired) electrons. The lowest BCUT2D eigenvalue weighted by atomic mass is 10.1. The Kier molecular flexibility index (Phi) is 4.12. The molecule has 1 aromatic carbocycles. The van der Waals surface area contributed by atoms with Gasteiger partial charge in [-0.15, -0.1) is 0 Å². The summed E-state index contributed by atoms with van der Waals surface area (Å²) in [7, 11) is 0. The van der Waals surface area contributed by atoms with Crippen LogP contribution in [0, 0.1) is 0 Å². The Morgan fingerprint density at radius 3 is 2.60 bits per heavy atom. The first-order valence-electron chi connectivity index (χ1n) is 8.34. The van der Waals surface area contributed by atoms with Crippen molar-refractivity contribution >= 4 is 12.0 Å². The fourth-order valence-electron chi connectivity index (χ4n) is 2.60. The molecule has 0 atom stereocenters. The summed E-state index contributed by atoms with van der Waals surface area (Å²) in [6.07, 6.45) is 11.0. The van der Waals surface area contributed by atoms with E-state index < -0.39 is 0 Å². The third-order valence-electron chi connectivity index (χ3n) is 4.06. The van der Waals surface area contributed by atoms with Gasteiger partial charge >= 0.3 is 0 Å². The maximum absolute atomic E-state index is 12.0. The van der Waals surface area contributed by atoms with Gasteiger partial charge in [-0.1, -0.05) is 18.2 Å². The van der Waals surface area contributed by atoms with Gasteiger partial charge in [0.25, 0.3) is 0 Å². The van der Waals surface area contributed by atoms with Gasteiger partial charge in [-0.25, -0.2) is 4.68 Å². The quantitative estimate of drug-likeness (QED) is 0.731. The molecule has 1 amide bonds. The molecule has 0 aliphatic heterocycles. The van der Waals surface area contributed by atoms with Crippen molar-refractivity contribution in [3.8, 4) is 16.9 Å². The van der Waals surface area contributed by atoms with E-state index in [1.165, 1.54) is 0 Å². The largest absolute Gasteiger partial charge is 0.350 e. The SMILES string of the molecule is O=C(/C=C/c1cn(-c2ccccc2)nc1-c1ccncc1)NC1CC1. The fourth-order valence-corrected chi connectivity index (χ4v) is 2.60. The van der Waals surface area contributed by atoms with Gasteiger partial charge in [0.1, 0.15) is 5.69 Å². The van der Waals surface area contributed by atoms with Crippen LogP contribution in [0.2, 0.25) is 0 Å². The van der Waals surface area contributed by atoms with Crippen LogP contribution in [-0.4, -0.2) is 26.7 Å². The van der Waals surface area contributed by atoms with E-state index in [9.17, 15) is 4.79 Å². The van der Waals surface area contributed by atoms with Crippen molar-refractivity contribution in [2.24, 2.45) is 0 Å². The molecule has 1 fully saturated rings. The van der Waals surface area contributed by atoms with Crippen molar-refractivity contribution in [2.75, 3.05) is 0 Å². The highest BCUT2D eigenvalue weighted by molar-refractivity contribution is 5.93. The van der Waals surface area contributed by atoms with Gasteiger partial charge in [0.2, 0.25) is 5.91 Å². The van der Waals surface area contributed by atoms with Crippen LogP contribution in [-0.2, 0) is 4.79 Å². The van der Waals surface area contributed by atoms with Gasteiger partial charge in [-0.05, 0) is 43.2 Å². The number of rotatable bonds is 5. The number of carbonyl (C=O) groups is 1. The van der Waals surface area contributed by atoms with Crippen LogP contribution in [0.25, 0.3) is 23.0 Å². The lowest BCUT2D eigenvalue weighted by molar-refractivity contribution is -0.116. The first-order valence-corrected chi connectivity index (χ1v) is 8.34. The molecule has 0 bridgehead atoms. The molecule has 1 saturated carbocycles. The van der Waals surface area contributed by atoms with Crippen molar-refractivity contribution in [3.05, 3.63) is 72.7 Å². The minimum Gasteiger partial charge on any atom is -0.350 e. The van der Waals surface area contributed by atoms with E-state index in [1.807, 2.05) is 59.4 Å². The van der Waals surface area contributed by atoms with E-state index in [4.69, 9.17) is 5.10 Å². The average Bonchev–Trinajstić information content (AvgIpc) is 3.37. The Hall–Kier alpha value is -3.21. The standard InChI is InChI=1S/C20H18N4O/c25-19(22-17-7-8-17)9-6-16-14-24(18-4-2-1-3-5-18)23-20(16)15-10-12-21-13-11-15/h1-6,9-14,17H,7-8H2,(H,22,25)/b9-6+. The molecule has 2 aromatic heterocycles. The van der Waals surface area contributed by atoms with Crippen LogP contribution in [0.3, 0.4) is 0 Å². The molecule has 1 aliphatic carbocycles. The molecular weight excluding hydrogens is 312 g/mol. The summed E-state index contributed by atoms with van der Waals surface area (Å²) in [5.41, 5.74) is 3.65. The lowest BCUT2D eigenvalue weighted by Gasteiger charge is -2.00. The summed E-state index contributed by atoms with van der Waals surface area (Å²) < 4.78 is 1.83.